The molecule has 1 atom stereocenters. The van der Waals surface area contributed by atoms with Gasteiger partial charge < -0.3 is 10.5 Å². The minimum Gasteiger partial charge on any atom is -0.404 e. The fourth-order valence-corrected chi connectivity index (χ4v) is 2.58. The van der Waals surface area contributed by atoms with Crippen LogP contribution >= 0.6 is 0 Å². The first-order chi connectivity index (χ1) is 9.03. The van der Waals surface area contributed by atoms with Crippen LogP contribution in [0.4, 0.5) is 13.2 Å². The third-order valence-corrected chi connectivity index (χ3v) is 3.70. The van der Waals surface area contributed by atoms with Crippen molar-refractivity contribution >= 4 is 15.9 Å². The quantitative estimate of drug-likeness (QED) is 0.837. The van der Waals surface area contributed by atoms with E-state index in [-0.39, 0.29) is 0 Å². The number of halogens is 3. The van der Waals surface area contributed by atoms with Crippen LogP contribution in [-0.4, -0.2) is 26.7 Å². The first-order valence-corrected chi connectivity index (χ1v) is 6.67. The molecule has 1 amide bonds. The fraction of sp³-hybridized carbons (Fsp3) is 0.300. The van der Waals surface area contributed by atoms with Crippen LogP contribution in [0.15, 0.2) is 29.2 Å². The Balaban J connectivity index is 3.16. The molecule has 0 radical (unpaired) electrons. The molecule has 0 saturated heterocycles. The highest BCUT2D eigenvalue weighted by atomic mass is 32.2. The molecular formula is C10H11F3N2O4S. The molecule has 1 rings (SSSR count). The normalized spacial score (nSPS) is 13.8. The Kier molecular flexibility index (Phi) is 4.61. The summed E-state index contributed by atoms with van der Waals surface area (Å²) in [4.78, 5) is 10.1. The van der Waals surface area contributed by atoms with E-state index >= 15 is 0 Å². The monoisotopic (exact) mass is 312 g/mol. The minimum absolute atomic E-state index is 0.745. The molecule has 10 heteroatoms. The smallest absolute Gasteiger partial charge is 0.404 e. The zero-order valence-corrected chi connectivity index (χ0v) is 11.0. The summed E-state index contributed by atoms with van der Waals surface area (Å²) in [5.74, 6) is -1.87. The maximum Gasteiger partial charge on any atom is 0.573 e. The predicted octanol–water partition coefficient (Wildman–Crippen LogP) is 0.737. The van der Waals surface area contributed by atoms with Gasteiger partial charge in [0.15, 0.2) is 0 Å². The van der Waals surface area contributed by atoms with Crippen LogP contribution in [0.2, 0.25) is 0 Å². The highest BCUT2D eigenvalue weighted by Crippen LogP contribution is 2.29. The number of nitrogens with two attached hydrogens (primary N) is 1. The summed E-state index contributed by atoms with van der Waals surface area (Å²) in [6.07, 6.45) is -5.04. The molecule has 0 spiro atoms. The molecule has 20 heavy (non-hydrogen) atoms. The van der Waals surface area contributed by atoms with Crippen LogP contribution in [0.3, 0.4) is 0 Å². The number of hydrogen-bond donors (Lipinski definition) is 2. The Morgan fingerprint density at radius 2 is 1.90 bits per heavy atom. The summed E-state index contributed by atoms with van der Waals surface area (Å²) in [5, 5.41) is 0. The molecular weight excluding hydrogens is 301 g/mol. The number of amides is 1. The van der Waals surface area contributed by atoms with Gasteiger partial charge in [-0.1, -0.05) is 12.1 Å². The number of alkyl halides is 3. The first kappa shape index (κ1) is 16.2. The van der Waals surface area contributed by atoms with E-state index in [0.717, 1.165) is 19.1 Å². The highest BCUT2D eigenvalue weighted by Gasteiger charge is 2.34. The van der Waals surface area contributed by atoms with Gasteiger partial charge in [-0.25, -0.2) is 8.42 Å². The summed E-state index contributed by atoms with van der Waals surface area (Å²) in [7, 11) is -4.38. The number of benzene rings is 1. The Morgan fingerprint density at radius 3 is 2.40 bits per heavy atom. The van der Waals surface area contributed by atoms with Crippen LogP contribution in [0.25, 0.3) is 0 Å². The number of hydrogen-bond acceptors (Lipinski definition) is 4. The van der Waals surface area contributed by atoms with E-state index in [2.05, 4.69) is 4.74 Å². The molecule has 0 aliphatic carbocycles. The fourth-order valence-electron chi connectivity index (χ4n) is 1.24. The summed E-state index contributed by atoms with van der Waals surface area (Å²) in [6, 6.07) is 2.87. The van der Waals surface area contributed by atoms with Crippen LogP contribution in [0.5, 0.6) is 5.75 Å². The molecule has 0 heterocycles. The van der Waals surface area contributed by atoms with Crippen molar-refractivity contribution < 1.29 is 31.1 Å². The molecule has 0 saturated carbocycles. The zero-order chi connectivity index (χ0) is 15.6. The Labute approximate surface area is 112 Å². The van der Waals surface area contributed by atoms with Crippen molar-refractivity contribution in [1.29, 1.82) is 0 Å². The van der Waals surface area contributed by atoms with Crippen LogP contribution < -0.4 is 15.2 Å². The van der Waals surface area contributed by atoms with Gasteiger partial charge in [0.2, 0.25) is 15.9 Å². The van der Waals surface area contributed by atoms with Gasteiger partial charge in [-0.3, -0.25) is 4.79 Å². The second kappa shape index (κ2) is 5.67. The maximum atomic E-state index is 12.2. The van der Waals surface area contributed by atoms with Gasteiger partial charge in [0.1, 0.15) is 10.6 Å². The predicted molar refractivity (Wildman–Crippen MR) is 62.1 cm³/mol. The van der Waals surface area contributed by atoms with Crippen molar-refractivity contribution in [3.63, 3.8) is 0 Å². The van der Waals surface area contributed by atoms with Gasteiger partial charge in [0.25, 0.3) is 0 Å². The van der Waals surface area contributed by atoms with Crippen LogP contribution in [-0.2, 0) is 14.8 Å². The number of carbonyl (C=O) groups excluding carboxylic acids is 1. The lowest BCUT2D eigenvalue weighted by molar-refractivity contribution is -0.275. The lowest BCUT2D eigenvalue weighted by Gasteiger charge is -2.15. The Morgan fingerprint density at radius 1 is 1.35 bits per heavy atom. The number of para-hydroxylation sites is 1. The van der Waals surface area contributed by atoms with Crippen molar-refractivity contribution in [2.24, 2.45) is 5.73 Å². The Hall–Kier alpha value is -1.81. The zero-order valence-electron chi connectivity index (χ0n) is 10.1. The Bertz CT molecular complexity index is 601. The average Bonchev–Trinajstić information content (AvgIpc) is 2.26. The van der Waals surface area contributed by atoms with Crippen LogP contribution in [0, 0.1) is 0 Å². The number of carbonyl (C=O) groups is 1. The van der Waals surface area contributed by atoms with Crippen molar-refractivity contribution in [1.82, 2.24) is 4.72 Å². The SMILES string of the molecule is CC(NS(=O)(=O)c1ccccc1OC(F)(F)F)C(N)=O. The van der Waals surface area contributed by atoms with E-state index in [1.54, 1.807) is 0 Å². The molecule has 1 unspecified atom stereocenters. The third-order valence-electron chi connectivity index (χ3n) is 2.12. The van der Waals surface area contributed by atoms with Gasteiger partial charge in [0, 0.05) is 0 Å². The maximum absolute atomic E-state index is 12.2. The molecule has 0 fully saturated rings. The first-order valence-electron chi connectivity index (χ1n) is 5.19. The third kappa shape index (κ3) is 4.38. The van der Waals surface area contributed by atoms with Crippen molar-refractivity contribution in [2.45, 2.75) is 24.2 Å². The van der Waals surface area contributed by atoms with Crippen LogP contribution in [0.1, 0.15) is 6.92 Å². The van der Waals surface area contributed by atoms with E-state index < -0.39 is 39.0 Å². The summed E-state index contributed by atoms with van der Waals surface area (Å²) < 4.78 is 65.8. The second-order valence-corrected chi connectivity index (χ2v) is 5.42. The summed E-state index contributed by atoms with van der Waals surface area (Å²) in [5.41, 5.74) is 4.88. The van der Waals surface area contributed by atoms with Gasteiger partial charge in [-0.05, 0) is 19.1 Å². The number of primary amides is 1. The van der Waals surface area contributed by atoms with Crippen molar-refractivity contribution in [2.75, 3.05) is 0 Å². The van der Waals surface area contributed by atoms with Gasteiger partial charge in [-0.15, -0.1) is 13.2 Å². The number of rotatable bonds is 5. The average molecular weight is 312 g/mol. The standard InChI is InChI=1S/C10H11F3N2O4S/c1-6(9(14)16)15-20(17,18)8-5-3-2-4-7(8)19-10(11,12)13/h2-6,15H,1H3,(H2,14,16). The largest absolute Gasteiger partial charge is 0.573 e. The van der Waals surface area contributed by atoms with Crippen molar-refractivity contribution in [3.8, 4) is 5.75 Å². The van der Waals surface area contributed by atoms with Gasteiger partial charge >= 0.3 is 6.36 Å². The van der Waals surface area contributed by atoms with E-state index in [1.165, 1.54) is 12.1 Å². The lowest BCUT2D eigenvalue weighted by Crippen LogP contribution is -2.42. The molecule has 0 aliphatic rings. The van der Waals surface area contributed by atoms with E-state index in [0.29, 0.717) is 0 Å². The lowest BCUT2D eigenvalue weighted by atomic mass is 10.3. The molecule has 0 aromatic heterocycles. The molecule has 0 bridgehead atoms. The minimum atomic E-state index is -5.04. The van der Waals surface area contributed by atoms with E-state index in [9.17, 15) is 26.4 Å². The second-order valence-electron chi connectivity index (χ2n) is 3.74. The molecule has 6 nitrogen and oxygen atoms in total. The summed E-state index contributed by atoms with van der Waals surface area (Å²) >= 11 is 0. The molecule has 0 aliphatic heterocycles. The topological polar surface area (TPSA) is 98.5 Å². The number of sulfonamides is 1. The number of ether oxygens (including phenoxy) is 1. The number of nitrogens with one attached hydrogen (secondary N) is 1. The van der Waals surface area contributed by atoms with Crippen molar-refractivity contribution in [3.05, 3.63) is 24.3 Å². The van der Waals surface area contributed by atoms with E-state index in [4.69, 9.17) is 5.73 Å². The molecule has 112 valence electrons. The van der Waals surface area contributed by atoms with Gasteiger partial charge in [0.05, 0.1) is 6.04 Å². The molecule has 3 N–H and O–H groups in total. The van der Waals surface area contributed by atoms with Gasteiger partial charge in [-0.2, -0.15) is 4.72 Å². The highest BCUT2D eigenvalue weighted by molar-refractivity contribution is 7.89. The molecule has 1 aromatic carbocycles. The summed E-state index contributed by atoms with van der Waals surface area (Å²) in [6.45, 7) is 1.16. The molecule has 1 aromatic rings. The van der Waals surface area contributed by atoms with E-state index in [1.807, 2.05) is 4.72 Å².